The van der Waals surface area contributed by atoms with Crippen molar-refractivity contribution in [1.29, 1.82) is 0 Å². The summed E-state index contributed by atoms with van der Waals surface area (Å²) in [5.41, 5.74) is 4.56. The van der Waals surface area contributed by atoms with Crippen molar-refractivity contribution in [3.8, 4) is 0 Å². The third-order valence-electron chi connectivity index (χ3n) is 3.49. The van der Waals surface area contributed by atoms with E-state index in [1.165, 1.54) is 11.3 Å². The van der Waals surface area contributed by atoms with Crippen LogP contribution in [-0.2, 0) is 13.6 Å². The topological polar surface area (TPSA) is 47.7 Å². The summed E-state index contributed by atoms with van der Waals surface area (Å²) < 4.78 is 4.09. The average Bonchev–Trinajstić information content (AvgIpc) is 2.80. The number of anilines is 1. The Morgan fingerprint density at radius 1 is 1.26 bits per heavy atom. The highest BCUT2D eigenvalue weighted by atomic mass is 15.3. The molecule has 0 aromatic carbocycles. The first-order chi connectivity index (χ1) is 8.90. The summed E-state index contributed by atoms with van der Waals surface area (Å²) >= 11 is 0. The molecule has 0 aliphatic heterocycles. The van der Waals surface area contributed by atoms with E-state index in [0.29, 0.717) is 6.04 Å². The first-order valence-corrected chi connectivity index (χ1v) is 6.68. The van der Waals surface area contributed by atoms with Crippen LogP contribution in [0.5, 0.6) is 0 Å². The number of imidazole rings is 1. The maximum Gasteiger partial charge on any atom is 0.203 e. The van der Waals surface area contributed by atoms with E-state index in [1.54, 1.807) is 0 Å². The van der Waals surface area contributed by atoms with Gasteiger partial charge in [-0.15, -0.1) is 0 Å². The number of hydrogen-bond acceptors (Lipinski definition) is 3. The molecule has 2 rings (SSSR count). The molecule has 2 aromatic rings. The third kappa shape index (κ3) is 2.64. The zero-order valence-electron chi connectivity index (χ0n) is 12.7. The fourth-order valence-corrected chi connectivity index (χ4v) is 2.28. The highest BCUT2D eigenvalue weighted by molar-refractivity contribution is 5.34. The van der Waals surface area contributed by atoms with Gasteiger partial charge in [-0.3, -0.25) is 4.68 Å². The molecule has 0 saturated heterocycles. The fraction of sp³-hybridized carbons (Fsp3) is 0.571. The molecule has 0 saturated carbocycles. The Bertz CT molecular complexity index is 577. The van der Waals surface area contributed by atoms with Crippen LogP contribution in [0.3, 0.4) is 0 Å². The smallest absolute Gasteiger partial charge is 0.203 e. The van der Waals surface area contributed by atoms with Crippen LogP contribution in [0.4, 0.5) is 5.95 Å². The van der Waals surface area contributed by atoms with Crippen LogP contribution in [0.25, 0.3) is 0 Å². The van der Waals surface area contributed by atoms with E-state index in [0.717, 1.165) is 23.9 Å². The number of nitrogens with zero attached hydrogens (tertiary/aromatic N) is 4. The molecule has 0 spiro atoms. The van der Waals surface area contributed by atoms with Crippen molar-refractivity contribution < 1.29 is 0 Å². The predicted molar refractivity (Wildman–Crippen MR) is 77.4 cm³/mol. The first-order valence-electron chi connectivity index (χ1n) is 6.68. The van der Waals surface area contributed by atoms with E-state index >= 15 is 0 Å². The van der Waals surface area contributed by atoms with Gasteiger partial charge in [0.2, 0.25) is 5.95 Å². The van der Waals surface area contributed by atoms with E-state index < -0.39 is 0 Å². The largest absolute Gasteiger partial charge is 0.351 e. The van der Waals surface area contributed by atoms with Crippen LogP contribution < -0.4 is 5.32 Å². The van der Waals surface area contributed by atoms with Crippen LogP contribution in [0, 0.1) is 20.8 Å². The molecule has 0 amide bonds. The zero-order valence-corrected chi connectivity index (χ0v) is 12.7. The second-order valence-electron chi connectivity index (χ2n) is 5.33. The summed E-state index contributed by atoms with van der Waals surface area (Å²) in [4.78, 5) is 4.54. The average molecular weight is 261 g/mol. The number of aromatic nitrogens is 4. The minimum absolute atomic E-state index is 0.403. The maximum atomic E-state index is 4.54. The van der Waals surface area contributed by atoms with E-state index in [2.05, 4.69) is 46.9 Å². The lowest BCUT2D eigenvalue weighted by Crippen LogP contribution is -2.09. The van der Waals surface area contributed by atoms with Gasteiger partial charge in [0, 0.05) is 37.1 Å². The second-order valence-corrected chi connectivity index (χ2v) is 5.33. The van der Waals surface area contributed by atoms with Gasteiger partial charge >= 0.3 is 0 Å². The minimum Gasteiger partial charge on any atom is -0.351 e. The van der Waals surface area contributed by atoms with Gasteiger partial charge in [-0.05, 0) is 34.6 Å². The Hall–Kier alpha value is -1.78. The van der Waals surface area contributed by atoms with Crippen molar-refractivity contribution in [3.05, 3.63) is 28.8 Å². The van der Waals surface area contributed by atoms with Crippen molar-refractivity contribution >= 4 is 5.95 Å². The van der Waals surface area contributed by atoms with Crippen molar-refractivity contribution in [3.63, 3.8) is 0 Å². The molecule has 0 fully saturated rings. The number of hydrogen-bond donors (Lipinski definition) is 1. The fourth-order valence-electron chi connectivity index (χ4n) is 2.28. The van der Waals surface area contributed by atoms with Crippen LogP contribution in [0.15, 0.2) is 6.20 Å². The van der Waals surface area contributed by atoms with Gasteiger partial charge in [0.05, 0.1) is 11.4 Å². The molecule has 0 aliphatic rings. The molecular formula is C14H23N5. The molecular weight excluding hydrogens is 238 g/mol. The highest BCUT2D eigenvalue weighted by Crippen LogP contribution is 2.18. The lowest BCUT2D eigenvalue weighted by molar-refractivity contribution is 0.604. The Labute approximate surface area is 114 Å². The SMILES string of the molecule is Cc1cn(C(C)C)c(NCc2c(C)nn(C)c2C)n1. The quantitative estimate of drug-likeness (QED) is 0.920. The molecule has 0 radical (unpaired) electrons. The Morgan fingerprint density at radius 3 is 2.47 bits per heavy atom. The van der Waals surface area contributed by atoms with Crippen LogP contribution in [-0.4, -0.2) is 19.3 Å². The molecule has 104 valence electrons. The predicted octanol–water partition coefficient (Wildman–Crippen LogP) is 2.73. The Balaban J connectivity index is 2.19. The molecule has 0 atom stereocenters. The number of rotatable bonds is 4. The van der Waals surface area contributed by atoms with Crippen LogP contribution >= 0.6 is 0 Å². The van der Waals surface area contributed by atoms with Gasteiger partial charge < -0.3 is 9.88 Å². The maximum absolute atomic E-state index is 4.54. The molecule has 1 N–H and O–H groups in total. The van der Waals surface area contributed by atoms with Gasteiger partial charge in [0.25, 0.3) is 0 Å². The first kappa shape index (κ1) is 13.6. The van der Waals surface area contributed by atoms with Gasteiger partial charge in [0.1, 0.15) is 0 Å². The highest BCUT2D eigenvalue weighted by Gasteiger charge is 2.12. The third-order valence-corrected chi connectivity index (χ3v) is 3.49. The van der Waals surface area contributed by atoms with Gasteiger partial charge in [-0.2, -0.15) is 5.10 Å². The van der Waals surface area contributed by atoms with Crippen LogP contribution in [0.2, 0.25) is 0 Å². The van der Waals surface area contributed by atoms with E-state index in [-0.39, 0.29) is 0 Å². The summed E-state index contributed by atoms with van der Waals surface area (Å²) in [6, 6.07) is 0.403. The molecule has 5 heteroatoms. The van der Waals surface area contributed by atoms with Crippen molar-refractivity contribution in [2.24, 2.45) is 7.05 Å². The lowest BCUT2D eigenvalue weighted by atomic mass is 10.2. The minimum atomic E-state index is 0.403. The molecule has 0 aliphatic carbocycles. The van der Waals surface area contributed by atoms with Gasteiger partial charge in [-0.1, -0.05) is 0 Å². The molecule has 0 bridgehead atoms. The standard InChI is InChI=1S/C14H23N5/c1-9(2)19-8-10(3)16-14(19)15-7-13-11(4)17-18(6)12(13)5/h8-9H,7H2,1-6H3,(H,15,16). The summed E-state index contributed by atoms with van der Waals surface area (Å²) in [6.45, 7) is 11.2. The molecule has 2 aromatic heterocycles. The van der Waals surface area contributed by atoms with Crippen molar-refractivity contribution in [2.75, 3.05) is 5.32 Å². The zero-order chi connectivity index (χ0) is 14.2. The Morgan fingerprint density at radius 2 is 1.95 bits per heavy atom. The molecule has 19 heavy (non-hydrogen) atoms. The van der Waals surface area contributed by atoms with E-state index in [4.69, 9.17) is 0 Å². The van der Waals surface area contributed by atoms with Crippen LogP contribution in [0.1, 0.15) is 42.5 Å². The summed E-state index contributed by atoms with van der Waals surface area (Å²) in [5, 5.41) is 7.86. The number of aryl methyl sites for hydroxylation is 3. The summed E-state index contributed by atoms with van der Waals surface area (Å²) in [5.74, 6) is 0.926. The summed E-state index contributed by atoms with van der Waals surface area (Å²) in [6.07, 6.45) is 2.08. The molecule has 0 unspecified atom stereocenters. The lowest BCUT2D eigenvalue weighted by Gasteiger charge is -2.12. The van der Waals surface area contributed by atoms with Gasteiger partial charge in [-0.25, -0.2) is 4.98 Å². The van der Waals surface area contributed by atoms with Crippen molar-refractivity contribution in [2.45, 2.75) is 47.2 Å². The van der Waals surface area contributed by atoms with E-state index in [1.807, 2.05) is 25.6 Å². The Kier molecular flexibility index (Phi) is 3.64. The van der Waals surface area contributed by atoms with Crippen molar-refractivity contribution in [1.82, 2.24) is 19.3 Å². The second kappa shape index (κ2) is 5.07. The monoisotopic (exact) mass is 261 g/mol. The summed E-state index contributed by atoms with van der Waals surface area (Å²) in [7, 11) is 1.98. The number of nitrogens with one attached hydrogen (secondary N) is 1. The normalized spacial score (nSPS) is 11.3. The van der Waals surface area contributed by atoms with E-state index in [9.17, 15) is 0 Å². The van der Waals surface area contributed by atoms with Gasteiger partial charge in [0.15, 0.2) is 0 Å². The molecule has 5 nitrogen and oxygen atoms in total. The molecule has 2 heterocycles.